The minimum atomic E-state index is -3.72. The van der Waals surface area contributed by atoms with Crippen molar-refractivity contribution in [1.29, 1.82) is 0 Å². The Kier molecular flexibility index (Phi) is 6.55. The minimum Gasteiger partial charge on any atom is -0.487 e. The van der Waals surface area contributed by atoms with Gasteiger partial charge in [-0.25, -0.2) is 8.42 Å². The highest BCUT2D eigenvalue weighted by Gasteiger charge is 2.43. The largest absolute Gasteiger partial charge is 0.487 e. The highest BCUT2D eigenvalue weighted by atomic mass is 32.2. The molecule has 29 heavy (non-hydrogen) atoms. The summed E-state index contributed by atoms with van der Waals surface area (Å²) in [7, 11) is -2.16. The smallest absolute Gasteiger partial charge is 0.247 e. The van der Waals surface area contributed by atoms with Crippen LogP contribution in [0.2, 0.25) is 0 Å². The molecule has 3 rings (SSSR count). The average Bonchev–Trinajstić information content (AvgIpc) is 2.88. The summed E-state index contributed by atoms with van der Waals surface area (Å²) in [4.78, 5) is 14.8. The van der Waals surface area contributed by atoms with Crippen molar-refractivity contribution in [3.63, 3.8) is 0 Å². The van der Waals surface area contributed by atoms with Gasteiger partial charge in [-0.3, -0.25) is 4.79 Å². The van der Waals surface area contributed by atoms with Gasteiger partial charge in [-0.2, -0.15) is 4.31 Å². The number of amides is 1. The van der Waals surface area contributed by atoms with Gasteiger partial charge in [0.05, 0.1) is 12.6 Å². The number of sulfonamides is 1. The van der Waals surface area contributed by atoms with E-state index in [-0.39, 0.29) is 34.9 Å². The molecule has 0 saturated carbocycles. The van der Waals surface area contributed by atoms with Crippen molar-refractivity contribution in [3.8, 4) is 5.75 Å². The molecule has 1 aromatic carbocycles. The first-order valence-corrected chi connectivity index (χ1v) is 11.6. The van der Waals surface area contributed by atoms with E-state index in [1.165, 1.54) is 4.31 Å². The maximum atomic E-state index is 13.4. The Morgan fingerprint density at radius 3 is 2.59 bits per heavy atom. The number of carbonyl (C=O) groups is 1. The van der Waals surface area contributed by atoms with Crippen molar-refractivity contribution < 1.29 is 22.7 Å². The van der Waals surface area contributed by atoms with Crippen LogP contribution in [0.4, 0.5) is 0 Å². The van der Waals surface area contributed by atoms with Crippen LogP contribution in [0.15, 0.2) is 29.2 Å². The van der Waals surface area contributed by atoms with Crippen molar-refractivity contribution in [2.24, 2.45) is 5.41 Å². The van der Waals surface area contributed by atoms with Crippen LogP contribution in [0.25, 0.3) is 0 Å². The maximum Gasteiger partial charge on any atom is 0.247 e. The lowest BCUT2D eigenvalue weighted by molar-refractivity contribution is -0.133. The number of carbonyl (C=O) groups excluding carboxylic acids is 1. The first kappa shape index (κ1) is 22.1. The molecule has 2 heterocycles. The highest BCUT2D eigenvalue weighted by Crippen LogP contribution is 2.36. The Hall–Kier alpha value is -1.64. The summed E-state index contributed by atoms with van der Waals surface area (Å²) in [6, 6.07) is 6.45. The van der Waals surface area contributed by atoms with Crippen molar-refractivity contribution in [2.45, 2.75) is 57.1 Å². The van der Waals surface area contributed by atoms with Crippen molar-refractivity contribution in [1.82, 2.24) is 9.21 Å². The first-order valence-electron chi connectivity index (χ1n) is 10.2. The minimum absolute atomic E-state index is 0.0864. The maximum absolute atomic E-state index is 13.4. The topological polar surface area (TPSA) is 76.2 Å². The van der Waals surface area contributed by atoms with Gasteiger partial charge in [-0.1, -0.05) is 32.9 Å². The lowest BCUT2D eigenvalue weighted by Crippen LogP contribution is -2.48. The first-order chi connectivity index (χ1) is 13.6. The molecule has 2 aliphatic heterocycles. The molecule has 0 unspecified atom stereocenters. The van der Waals surface area contributed by atoms with Crippen molar-refractivity contribution in [3.05, 3.63) is 24.3 Å². The number of hydrogen-bond acceptors (Lipinski definition) is 5. The second kappa shape index (κ2) is 8.62. The SMILES string of the molecule is COCCN1[C@H]2CCN(C(=O)CC(C)(C)C)CC[C@@H]2Oc2ccccc2S1(=O)=O. The van der Waals surface area contributed by atoms with Crippen LogP contribution in [0.3, 0.4) is 0 Å². The number of fused-ring (bicyclic) bond motifs is 2. The summed E-state index contributed by atoms with van der Waals surface area (Å²) in [6.45, 7) is 7.79. The van der Waals surface area contributed by atoms with E-state index >= 15 is 0 Å². The Balaban J connectivity index is 1.90. The second-order valence-electron chi connectivity index (χ2n) is 8.97. The van der Waals surface area contributed by atoms with Gasteiger partial charge in [0.2, 0.25) is 15.9 Å². The summed E-state index contributed by atoms with van der Waals surface area (Å²) in [6.07, 6.45) is 1.29. The molecule has 0 bridgehead atoms. The van der Waals surface area contributed by atoms with Crippen LogP contribution in [0.1, 0.15) is 40.0 Å². The van der Waals surface area contributed by atoms with Crippen LogP contribution in [0, 0.1) is 5.41 Å². The third kappa shape index (κ3) is 4.92. The molecule has 162 valence electrons. The van der Waals surface area contributed by atoms with Gasteiger partial charge in [0.1, 0.15) is 16.7 Å². The van der Waals surface area contributed by atoms with Gasteiger partial charge in [-0.15, -0.1) is 0 Å². The molecular formula is C21H32N2O5S. The Morgan fingerprint density at radius 2 is 1.90 bits per heavy atom. The zero-order chi connectivity index (χ0) is 21.2. The summed E-state index contributed by atoms with van der Waals surface area (Å²) in [5.41, 5.74) is -0.0864. The van der Waals surface area contributed by atoms with E-state index in [4.69, 9.17) is 9.47 Å². The fourth-order valence-electron chi connectivity index (χ4n) is 4.04. The molecule has 2 atom stereocenters. The molecule has 0 radical (unpaired) electrons. The van der Waals surface area contributed by atoms with E-state index in [0.717, 1.165) is 0 Å². The number of nitrogens with zero attached hydrogens (tertiary/aromatic N) is 2. The number of rotatable bonds is 4. The quantitative estimate of drug-likeness (QED) is 0.742. The zero-order valence-electron chi connectivity index (χ0n) is 17.8. The van der Waals surface area contributed by atoms with E-state index in [1.54, 1.807) is 31.4 Å². The van der Waals surface area contributed by atoms with Crippen LogP contribution < -0.4 is 4.74 Å². The monoisotopic (exact) mass is 424 g/mol. The number of methoxy groups -OCH3 is 1. The van der Waals surface area contributed by atoms with Crippen molar-refractivity contribution in [2.75, 3.05) is 33.4 Å². The molecule has 7 nitrogen and oxygen atoms in total. The van der Waals surface area contributed by atoms with Crippen LogP contribution in [0.5, 0.6) is 5.75 Å². The number of benzene rings is 1. The Morgan fingerprint density at radius 1 is 1.21 bits per heavy atom. The molecule has 0 spiro atoms. The van der Waals surface area contributed by atoms with E-state index in [2.05, 4.69) is 0 Å². The molecule has 0 aromatic heterocycles. The van der Waals surface area contributed by atoms with Crippen LogP contribution >= 0.6 is 0 Å². The van der Waals surface area contributed by atoms with E-state index in [0.29, 0.717) is 44.7 Å². The normalized spacial score (nSPS) is 24.6. The molecule has 2 aliphatic rings. The van der Waals surface area contributed by atoms with Gasteiger partial charge in [0.25, 0.3) is 0 Å². The molecule has 1 amide bonds. The van der Waals surface area contributed by atoms with Gasteiger partial charge < -0.3 is 14.4 Å². The van der Waals surface area contributed by atoms with Gasteiger partial charge in [0.15, 0.2) is 0 Å². The molecule has 0 aliphatic carbocycles. The average molecular weight is 425 g/mol. The predicted octanol–water partition coefficient (Wildman–Crippen LogP) is 2.51. The van der Waals surface area contributed by atoms with E-state index < -0.39 is 10.0 Å². The lowest BCUT2D eigenvalue weighted by Gasteiger charge is -2.31. The third-order valence-electron chi connectivity index (χ3n) is 5.44. The van der Waals surface area contributed by atoms with E-state index in [1.807, 2.05) is 25.7 Å². The van der Waals surface area contributed by atoms with Gasteiger partial charge in [0, 0.05) is 39.6 Å². The summed E-state index contributed by atoms with van der Waals surface area (Å²) >= 11 is 0. The fraction of sp³-hybridized carbons (Fsp3) is 0.667. The fourth-order valence-corrected chi connectivity index (χ4v) is 5.82. The Bertz CT molecular complexity index is 834. The number of likely N-dealkylation sites (tertiary alicyclic amines) is 1. The van der Waals surface area contributed by atoms with Crippen LogP contribution in [-0.4, -0.2) is 69.0 Å². The summed E-state index contributed by atoms with van der Waals surface area (Å²) in [5.74, 6) is 0.498. The van der Waals surface area contributed by atoms with Gasteiger partial charge in [-0.05, 0) is 24.0 Å². The Labute approximate surface area is 174 Å². The highest BCUT2D eigenvalue weighted by molar-refractivity contribution is 7.89. The molecule has 8 heteroatoms. The molecule has 1 aromatic rings. The zero-order valence-corrected chi connectivity index (χ0v) is 18.6. The molecule has 0 N–H and O–H groups in total. The summed E-state index contributed by atoms with van der Waals surface area (Å²) < 4.78 is 39.7. The van der Waals surface area contributed by atoms with Crippen LogP contribution in [-0.2, 0) is 19.6 Å². The molecule has 1 fully saturated rings. The predicted molar refractivity (Wildman–Crippen MR) is 110 cm³/mol. The second-order valence-corrected chi connectivity index (χ2v) is 10.8. The standard InChI is InChI=1S/C21H32N2O5S/c1-21(2,3)15-20(24)22-11-9-16-17(10-12-22)28-18-7-5-6-8-19(18)29(25,26)23(16)13-14-27-4/h5-8,16-17H,9-15H2,1-4H3/t16-,17-/m0/s1. The number of para-hydroxylation sites is 1. The number of hydrogen-bond donors (Lipinski definition) is 0. The third-order valence-corrected chi connectivity index (χ3v) is 7.41. The van der Waals surface area contributed by atoms with E-state index in [9.17, 15) is 13.2 Å². The molecular weight excluding hydrogens is 392 g/mol. The van der Waals surface area contributed by atoms with Crippen molar-refractivity contribution >= 4 is 15.9 Å². The molecule has 1 saturated heterocycles. The number of ether oxygens (including phenoxy) is 2. The summed E-state index contributed by atoms with van der Waals surface area (Å²) in [5, 5.41) is 0. The van der Waals surface area contributed by atoms with Gasteiger partial charge >= 0.3 is 0 Å². The lowest BCUT2D eigenvalue weighted by atomic mass is 9.91.